The molecule has 0 fully saturated rings. The smallest absolute Gasteiger partial charge is 0.164 e. The minimum Gasteiger partial charge on any atom is -0.208 e. The van der Waals surface area contributed by atoms with Crippen molar-refractivity contribution >= 4 is 0 Å². The molecule has 0 radical (unpaired) electrons. The van der Waals surface area contributed by atoms with Gasteiger partial charge in [-0.2, -0.15) is 0 Å². The Morgan fingerprint density at radius 2 is 0.672 bits per heavy atom. The number of rotatable bonds is 5. The van der Waals surface area contributed by atoms with E-state index < -0.39 is 5.41 Å². The zero-order chi connectivity index (χ0) is 40.3. The Labute approximate surface area is 355 Å². The van der Waals surface area contributed by atoms with Gasteiger partial charge < -0.3 is 0 Å². The lowest BCUT2D eigenvalue weighted by Gasteiger charge is -2.34. The van der Waals surface area contributed by atoms with Crippen LogP contribution in [-0.4, -0.2) is 15.0 Å². The van der Waals surface area contributed by atoms with Crippen molar-refractivity contribution in [3.63, 3.8) is 0 Å². The van der Waals surface area contributed by atoms with Gasteiger partial charge in [0.15, 0.2) is 17.5 Å². The van der Waals surface area contributed by atoms with Crippen molar-refractivity contribution in [2.75, 3.05) is 0 Å². The van der Waals surface area contributed by atoms with Crippen molar-refractivity contribution in [3.8, 4) is 89.8 Å². The monoisotopic (exact) mass is 775 g/mol. The lowest BCUT2D eigenvalue weighted by Crippen LogP contribution is -2.28. The quantitative estimate of drug-likeness (QED) is 0.175. The van der Waals surface area contributed by atoms with Crippen LogP contribution in [0.25, 0.3) is 89.8 Å². The first kappa shape index (κ1) is 35.0. The second-order valence-corrected chi connectivity index (χ2v) is 15.9. The molecule has 6 bridgehead atoms. The summed E-state index contributed by atoms with van der Waals surface area (Å²) in [4.78, 5) is 16.1. The van der Waals surface area contributed by atoms with Crippen molar-refractivity contribution < 1.29 is 0 Å². The Balaban J connectivity index is 1.12. The topological polar surface area (TPSA) is 38.7 Å². The summed E-state index contributed by atoms with van der Waals surface area (Å²) in [7, 11) is 0. The first-order valence-corrected chi connectivity index (χ1v) is 20.8. The number of nitrogens with zero attached hydrogens (tertiary/aromatic N) is 3. The number of aromatic nitrogens is 3. The number of fused-ring (bicyclic) bond motifs is 10. The fourth-order valence-corrected chi connectivity index (χ4v) is 9.79. The van der Waals surface area contributed by atoms with E-state index in [1.165, 1.54) is 44.5 Å². The predicted molar refractivity (Wildman–Crippen MR) is 249 cm³/mol. The Kier molecular flexibility index (Phi) is 8.07. The molecule has 1 aliphatic carbocycles. The van der Waals surface area contributed by atoms with Gasteiger partial charge in [0, 0.05) is 16.7 Å². The van der Waals surface area contributed by atoms with E-state index in [1.807, 2.05) is 0 Å². The fraction of sp³-hybridized carbons (Fsp3) is 0.0172. The maximum Gasteiger partial charge on any atom is 0.164 e. The van der Waals surface area contributed by atoms with Crippen molar-refractivity contribution in [3.05, 3.63) is 247 Å². The normalized spacial score (nSPS) is 12.7. The largest absolute Gasteiger partial charge is 0.208 e. The first-order chi connectivity index (χ1) is 30.2. The van der Waals surface area contributed by atoms with Crippen molar-refractivity contribution in [2.45, 2.75) is 5.41 Å². The summed E-state index contributed by atoms with van der Waals surface area (Å²) in [6, 6.07) is 80.9. The third-order valence-electron chi connectivity index (χ3n) is 12.6. The van der Waals surface area contributed by atoms with E-state index >= 15 is 0 Å². The van der Waals surface area contributed by atoms with Crippen LogP contribution in [0, 0.1) is 0 Å². The summed E-state index contributed by atoms with van der Waals surface area (Å²) in [6.07, 6.45) is 0. The Hall–Kier alpha value is -8.01. The van der Waals surface area contributed by atoms with Gasteiger partial charge in [0.2, 0.25) is 0 Å². The predicted octanol–water partition coefficient (Wildman–Crippen LogP) is 14.2. The molecule has 3 heteroatoms. The summed E-state index contributed by atoms with van der Waals surface area (Å²) < 4.78 is 0. The van der Waals surface area contributed by atoms with Crippen LogP contribution >= 0.6 is 0 Å². The molecule has 0 unspecified atom stereocenters. The van der Waals surface area contributed by atoms with Gasteiger partial charge in [0.1, 0.15) is 0 Å². The van der Waals surface area contributed by atoms with Gasteiger partial charge in [0.05, 0.1) is 5.41 Å². The lowest BCUT2D eigenvalue weighted by molar-refractivity contribution is 0.768. The van der Waals surface area contributed by atoms with Crippen molar-refractivity contribution in [1.29, 1.82) is 0 Å². The lowest BCUT2D eigenvalue weighted by atomic mass is 9.67. The Morgan fingerprint density at radius 1 is 0.246 bits per heavy atom. The van der Waals surface area contributed by atoms with Gasteiger partial charge in [0.25, 0.3) is 0 Å². The molecule has 1 aromatic heterocycles. The van der Waals surface area contributed by atoms with Crippen LogP contribution in [0.15, 0.2) is 224 Å². The summed E-state index contributed by atoms with van der Waals surface area (Å²) in [5.74, 6) is 1.91. The summed E-state index contributed by atoms with van der Waals surface area (Å²) in [5.41, 5.74) is 18.7. The van der Waals surface area contributed by atoms with E-state index in [1.54, 1.807) is 0 Å². The average Bonchev–Trinajstić information content (AvgIpc) is 3.65. The molecule has 3 nitrogen and oxygen atoms in total. The highest BCUT2D eigenvalue weighted by Gasteiger charge is 2.47. The highest BCUT2D eigenvalue weighted by molar-refractivity contribution is 5.97. The molecule has 0 atom stereocenters. The van der Waals surface area contributed by atoms with Gasteiger partial charge in [-0.05, 0) is 96.1 Å². The van der Waals surface area contributed by atoms with Gasteiger partial charge in [-0.3, -0.25) is 0 Å². The van der Waals surface area contributed by atoms with E-state index in [-0.39, 0.29) is 0 Å². The molecular formula is C58H37N3. The molecule has 0 amide bonds. The van der Waals surface area contributed by atoms with Crippen LogP contribution in [0.5, 0.6) is 0 Å². The molecule has 284 valence electrons. The zero-order valence-electron chi connectivity index (χ0n) is 33.2. The van der Waals surface area contributed by atoms with Crippen molar-refractivity contribution in [1.82, 2.24) is 15.0 Å². The molecule has 0 saturated carbocycles. The highest BCUT2D eigenvalue weighted by atomic mass is 15.0. The average molecular weight is 776 g/mol. The molecule has 10 aromatic rings. The second kappa shape index (κ2) is 14.1. The molecule has 12 rings (SSSR count). The van der Waals surface area contributed by atoms with Crippen molar-refractivity contribution in [2.24, 2.45) is 0 Å². The first-order valence-electron chi connectivity index (χ1n) is 20.8. The Morgan fingerprint density at radius 3 is 1.31 bits per heavy atom. The molecule has 2 heterocycles. The summed E-state index contributed by atoms with van der Waals surface area (Å²) >= 11 is 0. The molecule has 0 saturated heterocycles. The summed E-state index contributed by atoms with van der Waals surface area (Å²) in [5, 5.41) is 0. The molecule has 0 spiro atoms. The van der Waals surface area contributed by atoms with Gasteiger partial charge in [-0.15, -0.1) is 0 Å². The zero-order valence-corrected chi connectivity index (χ0v) is 33.2. The van der Waals surface area contributed by atoms with E-state index in [2.05, 4.69) is 224 Å². The van der Waals surface area contributed by atoms with Gasteiger partial charge in [-0.1, -0.05) is 206 Å². The minimum atomic E-state index is -0.578. The van der Waals surface area contributed by atoms with Crippen LogP contribution in [0.4, 0.5) is 0 Å². The van der Waals surface area contributed by atoms with Gasteiger partial charge in [-0.25, -0.2) is 15.0 Å². The maximum atomic E-state index is 5.41. The highest BCUT2D eigenvalue weighted by Crippen LogP contribution is 2.59. The molecule has 61 heavy (non-hydrogen) atoms. The van der Waals surface area contributed by atoms with E-state index in [4.69, 9.17) is 15.0 Å². The van der Waals surface area contributed by atoms with E-state index in [0.717, 1.165) is 50.1 Å². The van der Waals surface area contributed by atoms with Crippen LogP contribution in [0.2, 0.25) is 0 Å². The molecule has 9 aromatic carbocycles. The molecule has 0 N–H and O–H groups in total. The van der Waals surface area contributed by atoms with E-state index in [0.29, 0.717) is 17.5 Å². The standard InChI is InChI=1S/C58H37N3/c1-4-15-38(16-5-1)39-29-31-40(32-30-39)41-17-12-19-44(35-41)55-59-56-45-20-13-18-42(36-45)48-25-10-11-26-49(48)43-33-34-52-51(37-43)54-50(57(60-55)61-56)27-14-28-53(54)58(52,46-21-6-2-7-22-46)47-23-8-3-9-24-47/h1-37H. The van der Waals surface area contributed by atoms with Crippen LogP contribution in [0.1, 0.15) is 22.3 Å². The van der Waals surface area contributed by atoms with Crippen LogP contribution in [0.3, 0.4) is 0 Å². The van der Waals surface area contributed by atoms with E-state index in [9.17, 15) is 0 Å². The third kappa shape index (κ3) is 5.62. The minimum absolute atomic E-state index is 0.578. The number of hydrogen-bond acceptors (Lipinski definition) is 3. The van der Waals surface area contributed by atoms with Crippen LogP contribution in [-0.2, 0) is 5.41 Å². The number of hydrogen-bond donors (Lipinski definition) is 0. The van der Waals surface area contributed by atoms with Gasteiger partial charge >= 0.3 is 0 Å². The molecule has 2 aliphatic rings. The maximum absolute atomic E-state index is 5.41. The second-order valence-electron chi connectivity index (χ2n) is 15.9. The fourth-order valence-electron chi connectivity index (χ4n) is 9.79. The van der Waals surface area contributed by atoms with Crippen LogP contribution < -0.4 is 0 Å². The molecule has 1 aliphatic heterocycles. The number of benzene rings is 9. The SMILES string of the molecule is c1ccc(-c2ccc(-c3cccc(-c4nc5nc(n4)-c4cccc6c4-c4cc(ccc4C6(c4ccccc4)c4ccccc4)-c4ccccc4-c4cccc-5c4)c3)cc2)cc1. The Bertz CT molecular complexity index is 3240. The third-order valence-corrected chi connectivity index (χ3v) is 12.6. The summed E-state index contributed by atoms with van der Waals surface area (Å²) in [6.45, 7) is 0. The molecular weight excluding hydrogens is 739 g/mol.